The van der Waals surface area contributed by atoms with E-state index in [2.05, 4.69) is 31.6 Å². The van der Waals surface area contributed by atoms with E-state index in [4.69, 9.17) is 0 Å². The number of hydrogen-bond acceptors (Lipinski definition) is 5. The molecule has 6 nitrogen and oxygen atoms in total. The predicted octanol–water partition coefficient (Wildman–Crippen LogP) is 3.44. The van der Waals surface area contributed by atoms with Crippen LogP contribution < -0.4 is 0 Å². The van der Waals surface area contributed by atoms with Gasteiger partial charge in [-0.25, -0.2) is 0 Å². The highest BCUT2D eigenvalue weighted by molar-refractivity contribution is 6.10. The molecular formula is C22H25N5O. The summed E-state index contributed by atoms with van der Waals surface area (Å²) < 4.78 is 2.06. The Morgan fingerprint density at radius 3 is 2.46 bits per heavy atom. The summed E-state index contributed by atoms with van der Waals surface area (Å²) in [6.07, 6.45) is 6.14. The van der Waals surface area contributed by atoms with Crippen LogP contribution in [-0.2, 0) is 13.0 Å². The van der Waals surface area contributed by atoms with Gasteiger partial charge in [0.25, 0.3) is 0 Å². The van der Waals surface area contributed by atoms with Crippen molar-refractivity contribution >= 4 is 5.78 Å². The maximum absolute atomic E-state index is 13.1. The van der Waals surface area contributed by atoms with Gasteiger partial charge in [-0.05, 0) is 50.2 Å². The van der Waals surface area contributed by atoms with E-state index in [1.165, 1.54) is 19.3 Å². The molecule has 0 unspecified atom stereocenters. The van der Waals surface area contributed by atoms with Crippen molar-refractivity contribution < 1.29 is 4.79 Å². The van der Waals surface area contributed by atoms with Gasteiger partial charge in [0, 0.05) is 18.2 Å². The van der Waals surface area contributed by atoms with E-state index < -0.39 is 0 Å². The van der Waals surface area contributed by atoms with Gasteiger partial charge in [0.05, 0.1) is 12.2 Å². The number of hydrogen-bond donors (Lipinski definition) is 0. The third-order valence-corrected chi connectivity index (χ3v) is 5.21. The summed E-state index contributed by atoms with van der Waals surface area (Å²) in [4.78, 5) is 19.8. The van der Waals surface area contributed by atoms with E-state index in [1.807, 2.05) is 36.4 Å². The Morgan fingerprint density at radius 2 is 1.71 bits per heavy atom. The van der Waals surface area contributed by atoms with E-state index in [0.717, 1.165) is 43.4 Å². The smallest absolute Gasteiger partial charge is 0.213 e. The Hall–Kier alpha value is -2.86. The first-order valence-electron chi connectivity index (χ1n) is 9.98. The number of carbonyl (C=O) groups is 1. The summed E-state index contributed by atoms with van der Waals surface area (Å²) in [6, 6.07) is 13.1. The molecule has 0 bridgehead atoms. The van der Waals surface area contributed by atoms with Crippen LogP contribution in [0.1, 0.15) is 53.9 Å². The van der Waals surface area contributed by atoms with Crippen molar-refractivity contribution in [2.24, 2.45) is 0 Å². The number of aryl methyl sites for hydroxylation is 1. The lowest BCUT2D eigenvalue weighted by Crippen LogP contribution is -2.30. The Bertz CT molecular complexity index is 945. The quantitative estimate of drug-likeness (QED) is 0.618. The van der Waals surface area contributed by atoms with Crippen molar-refractivity contribution in [2.75, 3.05) is 13.1 Å². The Morgan fingerprint density at radius 1 is 0.964 bits per heavy atom. The summed E-state index contributed by atoms with van der Waals surface area (Å²) in [7, 11) is 0. The highest BCUT2D eigenvalue weighted by atomic mass is 16.1. The zero-order valence-corrected chi connectivity index (χ0v) is 16.2. The fourth-order valence-corrected chi connectivity index (χ4v) is 3.78. The number of nitrogens with zero attached hydrogens (tertiary/aromatic N) is 5. The van der Waals surface area contributed by atoms with Gasteiger partial charge in [-0.1, -0.05) is 31.5 Å². The Kier molecular flexibility index (Phi) is 5.58. The molecule has 144 valence electrons. The molecule has 0 atom stereocenters. The summed E-state index contributed by atoms with van der Waals surface area (Å²) >= 11 is 0. The summed E-state index contributed by atoms with van der Waals surface area (Å²) in [6.45, 7) is 4.99. The molecule has 28 heavy (non-hydrogen) atoms. The number of pyridine rings is 1. The van der Waals surface area contributed by atoms with E-state index >= 15 is 0 Å². The van der Waals surface area contributed by atoms with Gasteiger partial charge < -0.3 is 0 Å². The topological polar surface area (TPSA) is 63.9 Å². The zero-order valence-electron chi connectivity index (χ0n) is 16.2. The second-order valence-electron chi connectivity index (χ2n) is 7.12. The second-order valence-corrected chi connectivity index (χ2v) is 7.12. The number of likely N-dealkylation sites (tertiary alicyclic amines) is 1. The summed E-state index contributed by atoms with van der Waals surface area (Å²) in [5, 5.41) is 8.88. The average molecular weight is 375 g/mol. The number of benzene rings is 1. The lowest BCUT2D eigenvalue weighted by Gasteiger charge is -2.26. The van der Waals surface area contributed by atoms with E-state index in [0.29, 0.717) is 11.3 Å². The third-order valence-electron chi connectivity index (χ3n) is 5.21. The third kappa shape index (κ3) is 3.73. The van der Waals surface area contributed by atoms with Gasteiger partial charge in [0.15, 0.2) is 5.82 Å². The predicted molar refractivity (Wildman–Crippen MR) is 108 cm³/mol. The molecule has 0 N–H and O–H groups in total. The molecule has 1 aromatic carbocycles. The van der Waals surface area contributed by atoms with Gasteiger partial charge in [0.2, 0.25) is 5.78 Å². The number of para-hydroxylation sites is 1. The Labute approximate surface area is 165 Å². The van der Waals surface area contributed by atoms with Crippen molar-refractivity contribution in [2.45, 2.75) is 39.2 Å². The van der Waals surface area contributed by atoms with E-state index in [9.17, 15) is 4.79 Å². The van der Waals surface area contributed by atoms with Crippen molar-refractivity contribution in [3.8, 4) is 5.69 Å². The van der Waals surface area contributed by atoms with Crippen LogP contribution in [0.15, 0.2) is 48.7 Å². The fraction of sp³-hybridized carbons (Fsp3) is 0.364. The molecule has 4 rings (SSSR count). The molecule has 0 spiro atoms. The number of ketones is 1. The molecule has 3 aromatic rings. The number of rotatable bonds is 6. The Balaban J connectivity index is 1.75. The minimum absolute atomic E-state index is 0.0872. The SMILES string of the molecule is CCc1nnc(CN2CCCCC2)n1-c1ccccc1C(=O)c1ccccn1. The van der Waals surface area contributed by atoms with Crippen molar-refractivity contribution in [3.05, 3.63) is 71.6 Å². The molecule has 0 radical (unpaired) electrons. The fourth-order valence-electron chi connectivity index (χ4n) is 3.78. The lowest BCUT2D eigenvalue weighted by molar-refractivity contribution is 0.103. The molecular weight excluding hydrogens is 350 g/mol. The minimum Gasteiger partial charge on any atom is -0.296 e. The van der Waals surface area contributed by atoms with Gasteiger partial charge in [-0.15, -0.1) is 10.2 Å². The van der Waals surface area contributed by atoms with E-state index in [-0.39, 0.29) is 5.78 Å². The van der Waals surface area contributed by atoms with Crippen LogP contribution in [0.25, 0.3) is 5.69 Å². The van der Waals surface area contributed by atoms with Gasteiger partial charge in [-0.2, -0.15) is 0 Å². The molecule has 2 aromatic heterocycles. The van der Waals surface area contributed by atoms with Crippen molar-refractivity contribution in [1.82, 2.24) is 24.6 Å². The number of carbonyl (C=O) groups excluding carboxylic acids is 1. The molecule has 1 fully saturated rings. The molecule has 3 heterocycles. The molecule has 6 heteroatoms. The molecule has 1 saturated heterocycles. The number of aromatic nitrogens is 4. The first kappa shape index (κ1) is 18.5. The monoisotopic (exact) mass is 375 g/mol. The van der Waals surface area contributed by atoms with Gasteiger partial charge >= 0.3 is 0 Å². The summed E-state index contributed by atoms with van der Waals surface area (Å²) in [5.41, 5.74) is 1.89. The van der Waals surface area contributed by atoms with Crippen LogP contribution in [-0.4, -0.2) is 43.5 Å². The van der Waals surface area contributed by atoms with E-state index in [1.54, 1.807) is 12.3 Å². The average Bonchev–Trinajstić information content (AvgIpc) is 3.17. The second kappa shape index (κ2) is 8.44. The molecule has 0 saturated carbocycles. The van der Waals surface area contributed by atoms with Crippen LogP contribution in [0.3, 0.4) is 0 Å². The molecule has 1 aliphatic heterocycles. The van der Waals surface area contributed by atoms with Crippen LogP contribution in [0, 0.1) is 0 Å². The largest absolute Gasteiger partial charge is 0.296 e. The minimum atomic E-state index is -0.0872. The number of piperidine rings is 1. The highest BCUT2D eigenvalue weighted by Crippen LogP contribution is 2.22. The highest BCUT2D eigenvalue weighted by Gasteiger charge is 2.22. The molecule has 0 amide bonds. The molecule has 0 aliphatic carbocycles. The maximum atomic E-state index is 13.1. The van der Waals surface area contributed by atoms with Crippen LogP contribution >= 0.6 is 0 Å². The first-order valence-corrected chi connectivity index (χ1v) is 9.98. The first-order chi connectivity index (χ1) is 13.8. The van der Waals surface area contributed by atoms with Crippen LogP contribution in [0.5, 0.6) is 0 Å². The van der Waals surface area contributed by atoms with Crippen molar-refractivity contribution in [3.63, 3.8) is 0 Å². The van der Waals surface area contributed by atoms with Gasteiger partial charge in [-0.3, -0.25) is 19.2 Å². The normalized spacial score (nSPS) is 14.9. The van der Waals surface area contributed by atoms with Gasteiger partial charge in [0.1, 0.15) is 11.5 Å². The van der Waals surface area contributed by atoms with Crippen molar-refractivity contribution in [1.29, 1.82) is 0 Å². The standard InChI is InChI=1S/C22H25N5O/c1-2-20-24-25-21(16-26-14-8-3-9-15-26)27(20)19-12-5-4-10-17(19)22(28)18-11-6-7-13-23-18/h4-7,10-13H,2-3,8-9,14-16H2,1H3. The molecule has 1 aliphatic rings. The summed E-state index contributed by atoms with van der Waals surface area (Å²) in [5.74, 6) is 1.67. The maximum Gasteiger partial charge on any atom is 0.213 e. The lowest BCUT2D eigenvalue weighted by atomic mass is 10.0. The van der Waals surface area contributed by atoms with Crippen LogP contribution in [0.2, 0.25) is 0 Å². The van der Waals surface area contributed by atoms with Crippen LogP contribution in [0.4, 0.5) is 0 Å². The zero-order chi connectivity index (χ0) is 19.3.